The smallest absolute Gasteiger partial charge is 0.245 e. The lowest BCUT2D eigenvalue weighted by Gasteiger charge is -2.37. The molecule has 9 rings (SSSR count). The zero-order valence-corrected chi connectivity index (χ0v) is 35.2. The van der Waals surface area contributed by atoms with Crippen LogP contribution in [0.2, 0.25) is 0 Å². The van der Waals surface area contributed by atoms with Crippen LogP contribution < -0.4 is 0 Å². The van der Waals surface area contributed by atoms with E-state index in [2.05, 4.69) is 75.5 Å². The van der Waals surface area contributed by atoms with Crippen LogP contribution in [0.5, 0.6) is 0 Å². The van der Waals surface area contributed by atoms with Crippen molar-refractivity contribution in [3.05, 3.63) is 144 Å². The monoisotopic (exact) mass is 800 g/mol. The Morgan fingerprint density at radius 1 is 0.650 bits per heavy atom. The molecule has 0 spiro atoms. The fourth-order valence-corrected chi connectivity index (χ4v) is 10.2. The highest BCUT2D eigenvalue weighted by Gasteiger charge is 2.48. The van der Waals surface area contributed by atoms with Crippen molar-refractivity contribution in [1.29, 1.82) is 0 Å². The maximum atomic E-state index is 14.6. The zero-order valence-electron chi connectivity index (χ0n) is 35.2. The fourth-order valence-electron chi connectivity index (χ4n) is 10.2. The van der Waals surface area contributed by atoms with E-state index in [1.807, 2.05) is 104 Å². The highest BCUT2D eigenvalue weighted by atomic mass is 16.2. The minimum atomic E-state index is -0.344. The number of carbonyl (C=O) groups excluding carboxylic acids is 2. The Bertz CT molecular complexity index is 2390. The largest absolute Gasteiger partial charge is 0.346 e. The number of carbonyl (C=O) groups is 2. The molecular weight excluding hydrogens is 745 g/mol. The number of nitrogens with one attached hydrogen (secondary N) is 2. The third-order valence-corrected chi connectivity index (χ3v) is 13.1. The van der Waals surface area contributed by atoms with E-state index in [4.69, 9.17) is 9.97 Å². The molecule has 3 fully saturated rings. The number of aromatic nitrogens is 4. The Balaban J connectivity index is 0.888. The minimum absolute atomic E-state index is 0.0800. The van der Waals surface area contributed by atoms with Crippen LogP contribution in [-0.2, 0) is 9.59 Å². The molecular formula is C50H56N8O2. The van der Waals surface area contributed by atoms with Crippen molar-refractivity contribution in [2.24, 2.45) is 5.92 Å². The standard InChI is InChI=1S/C50H56N8O2/c1-55(2)45(37-14-7-5-8-15-37)49(59)57-29-13-20-43(57)47-51-31-40(53-47)35-25-21-33(22-26-35)34-23-27-36(28-24-34)41-32-52-48(54-41)44-30-39-18-11-12-19-42(39)58(44)50(60)46(56(3)4)38-16-9-6-10-17-38/h5-10,14-17,21-28,31-32,39,42-46H,11-13,18-20,29-30H2,1-4H3,(H,51,53)(H,52,54)/t39?,42?,43-,44-,45+,46+/m0/s1. The summed E-state index contributed by atoms with van der Waals surface area (Å²) in [6.45, 7) is 0.722. The molecule has 60 heavy (non-hydrogen) atoms. The molecule has 4 heterocycles. The van der Waals surface area contributed by atoms with Crippen molar-refractivity contribution in [3.8, 4) is 33.6 Å². The number of likely N-dealkylation sites (N-methyl/N-ethyl adjacent to an activating group) is 2. The third-order valence-electron chi connectivity index (χ3n) is 13.1. The van der Waals surface area contributed by atoms with Gasteiger partial charge in [-0.2, -0.15) is 0 Å². The highest BCUT2D eigenvalue weighted by molar-refractivity contribution is 5.85. The van der Waals surface area contributed by atoms with Gasteiger partial charge in [-0.25, -0.2) is 9.97 Å². The van der Waals surface area contributed by atoms with Gasteiger partial charge in [0.2, 0.25) is 11.8 Å². The highest BCUT2D eigenvalue weighted by Crippen LogP contribution is 2.47. The molecule has 1 aliphatic carbocycles. The lowest BCUT2D eigenvalue weighted by molar-refractivity contribution is -0.140. The van der Waals surface area contributed by atoms with Crippen molar-refractivity contribution in [3.63, 3.8) is 0 Å². The van der Waals surface area contributed by atoms with E-state index in [1.165, 1.54) is 6.42 Å². The van der Waals surface area contributed by atoms with Gasteiger partial charge in [-0.15, -0.1) is 0 Å². The summed E-state index contributed by atoms with van der Waals surface area (Å²) in [6.07, 6.45) is 11.3. The van der Waals surface area contributed by atoms with Crippen LogP contribution in [0.15, 0.2) is 122 Å². The normalized spacial score (nSPS) is 21.4. The van der Waals surface area contributed by atoms with E-state index in [9.17, 15) is 9.59 Å². The Labute approximate surface area is 353 Å². The van der Waals surface area contributed by atoms with Gasteiger partial charge >= 0.3 is 0 Å². The topological polar surface area (TPSA) is 104 Å². The number of hydrogen-bond donors (Lipinski definition) is 2. The third kappa shape index (κ3) is 7.70. The average Bonchev–Trinajstić information content (AvgIpc) is 4.11. The van der Waals surface area contributed by atoms with Gasteiger partial charge < -0.3 is 19.8 Å². The molecule has 10 nitrogen and oxygen atoms in total. The number of H-pyrrole nitrogens is 2. The molecule has 2 aliphatic heterocycles. The van der Waals surface area contributed by atoms with Gasteiger partial charge in [0.15, 0.2) is 0 Å². The number of hydrogen-bond acceptors (Lipinski definition) is 6. The summed E-state index contributed by atoms with van der Waals surface area (Å²) in [6, 6.07) is 36.7. The number of imidazole rings is 2. The van der Waals surface area contributed by atoms with E-state index in [-0.39, 0.29) is 42.0 Å². The second-order valence-electron chi connectivity index (χ2n) is 17.4. The second-order valence-corrected chi connectivity index (χ2v) is 17.4. The Morgan fingerprint density at radius 3 is 1.87 bits per heavy atom. The van der Waals surface area contributed by atoms with Crippen LogP contribution in [0, 0.1) is 5.92 Å². The van der Waals surface area contributed by atoms with Crippen LogP contribution in [0.4, 0.5) is 0 Å². The van der Waals surface area contributed by atoms with Crippen LogP contribution in [-0.4, -0.2) is 92.1 Å². The molecule has 10 heteroatoms. The Morgan fingerprint density at radius 2 is 1.23 bits per heavy atom. The first-order chi connectivity index (χ1) is 29.2. The SMILES string of the molecule is CN(C)[C@@H](C(=O)N1CCC[C@H]1c1nc(-c2ccc(-c3ccc(-c4cnc([C@@H]5CC6CCCCC6N5C(=O)[C@@H](c5ccccc5)N(C)C)[nH]4)cc3)cc2)c[nH]1)c1ccccc1. The summed E-state index contributed by atoms with van der Waals surface area (Å²) >= 11 is 0. The molecule has 1 saturated carbocycles. The van der Waals surface area contributed by atoms with Crippen molar-refractivity contribution in [2.75, 3.05) is 34.7 Å². The van der Waals surface area contributed by atoms with E-state index < -0.39 is 0 Å². The van der Waals surface area contributed by atoms with Crippen molar-refractivity contribution < 1.29 is 9.59 Å². The van der Waals surface area contributed by atoms with Gasteiger partial charge in [-0.05, 0) is 94.0 Å². The van der Waals surface area contributed by atoms with Gasteiger partial charge in [0.25, 0.3) is 0 Å². The second kappa shape index (κ2) is 17.0. The summed E-state index contributed by atoms with van der Waals surface area (Å²) in [5.74, 6) is 2.47. The number of rotatable bonds is 11. The number of nitrogens with zero attached hydrogens (tertiary/aromatic N) is 6. The number of likely N-dealkylation sites (tertiary alicyclic amines) is 2. The van der Waals surface area contributed by atoms with Gasteiger partial charge in [0, 0.05) is 24.3 Å². The van der Waals surface area contributed by atoms with Gasteiger partial charge in [0.05, 0.1) is 29.7 Å². The van der Waals surface area contributed by atoms with Crippen LogP contribution in [0.3, 0.4) is 0 Å². The Hall–Kier alpha value is -5.84. The molecule has 2 saturated heterocycles. The summed E-state index contributed by atoms with van der Waals surface area (Å²) in [4.78, 5) is 53.8. The molecule has 2 aromatic heterocycles. The first-order valence-corrected chi connectivity index (χ1v) is 21.6. The summed E-state index contributed by atoms with van der Waals surface area (Å²) < 4.78 is 0. The molecule has 3 aliphatic rings. The number of aromatic amines is 2. The van der Waals surface area contributed by atoms with Crippen LogP contribution >= 0.6 is 0 Å². The quantitative estimate of drug-likeness (QED) is 0.136. The molecule has 0 bridgehead atoms. The average molecular weight is 801 g/mol. The summed E-state index contributed by atoms with van der Waals surface area (Å²) in [5.41, 5.74) is 8.16. The maximum absolute atomic E-state index is 14.6. The summed E-state index contributed by atoms with van der Waals surface area (Å²) in [7, 11) is 7.93. The predicted molar refractivity (Wildman–Crippen MR) is 236 cm³/mol. The van der Waals surface area contributed by atoms with Crippen molar-refractivity contribution in [1.82, 2.24) is 39.5 Å². The fraction of sp³-hybridized carbons (Fsp3) is 0.360. The van der Waals surface area contributed by atoms with Gasteiger partial charge in [-0.3, -0.25) is 19.4 Å². The van der Waals surface area contributed by atoms with E-state index in [0.717, 1.165) is 101 Å². The summed E-state index contributed by atoms with van der Waals surface area (Å²) in [5, 5.41) is 0. The molecule has 2 amide bonds. The Kier molecular flexibility index (Phi) is 11.2. The van der Waals surface area contributed by atoms with Gasteiger partial charge in [-0.1, -0.05) is 122 Å². The number of fused-ring (bicyclic) bond motifs is 1. The molecule has 2 N–H and O–H groups in total. The molecule has 6 atom stereocenters. The zero-order chi connectivity index (χ0) is 41.3. The van der Waals surface area contributed by atoms with Crippen LogP contribution in [0.1, 0.15) is 91.9 Å². The van der Waals surface area contributed by atoms with E-state index >= 15 is 0 Å². The van der Waals surface area contributed by atoms with Crippen LogP contribution in [0.25, 0.3) is 33.6 Å². The molecule has 2 unspecified atom stereocenters. The maximum Gasteiger partial charge on any atom is 0.245 e. The molecule has 0 radical (unpaired) electrons. The lowest BCUT2D eigenvalue weighted by atomic mass is 9.84. The van der Waals surface area contributed by atoms with Gasteiger partial charge in [0.1, 0.15) is 23.7 Å². The first-order valence-electron chi connectivity index (χ1n) is 21.6. The van der Waals surface area contributed by atoms with Crippen molar-refractivity contribution in [2.45, 2.75) is 75.2 Å². The molecule has 6 aromatic rings. The number of benzene rings is 4. The van der Waals surface area contributed by atoms with E-state index in [1.54, 1.807) is 0 Å². The lowest BCUT2D eigenvalue weighted by Crippen LogP contribution is -2.46. The molecule has 4 aromatic carbocycles. The minimum Gasteiger partial charge on any atom is -0.346 e. The first kappa shape index (κ1) is 39.6. The number of amides is 2. The molecule has 308 valence electrons. The van der Waals surface area contributed by atoms with E-state index in [0.29, 0.717) is 5.92 Å². The van der Waals surface area contributed by atoms with Crippen molar-refractivity contribution >= 4 is 11.8 Å². The predicted octanol–water partition coefficient (Wildman–Crippen LogP) is 9.24.